The summed E-state index contributed by atoms with van der Waals surface area (Å²) in [7, 11) is 3.37. The van der Waals surface area contributed by atoms with E-state index < -0.39 is 0 Å². The molecule has 0 aromatic heterocycles. The number of aliphatic hydroxyl groups excluding tert-OH is 1. The van der Waals surface area contributed by atoms with Crippen molar-refractivity contribution in [3.63, 3.8) is 0 Å². The Morgan fingerprint density at radius 2 is 1.78 bits per heavy atom. The molecule has 0 unspecified atom stereocenters. The predicted molar refractivity (Wildman–Crippen MR) is 68.9 cm³/mol. The number of hydrogen-bond donors (Lipinski definition) is 1. The average molecular weight is 253 g/mol. The van der Waals surface area contributed by atoms with Crippen LogP contribution in [0.3, 0.4) is 0 Å². The molecule has 2 saturated carbocycles. The van der Waals surface area contributed by atoms with Gasteiger partial charge < -0.3 is 14.6 Å². The lowest BCUT2D eigenvalue weighted by Gasteiger charge is -2.07. The highest BCUT2D eigenvalue weighted by Crippen LogP contribution is 2.47. The van der Waals surface area contributed by atoms with Gasteiger partial charge in [-0.25, -0.2) is 0 Å². The second-order valence-electron chi connectivity index (χ2n) is 5.35. The molecular weight excluding hydrogens is 230 g/mol. The minimum Gasteiger partial charge on any atom is -0.396 e. The van der Waals surface area contributed by atoms with E-state index in [0.717, 1.165) is 26.1 Å². The van der Waals surface area contributed by atoms with E-state index in [1.807, 2.05) is 12.1 Å². The van der Waals surface area contributed by atoms with Crippen molar-refractivity contribution in [2.24, 2.45) is 10.8 Å². The largest absolute Gasteiger partial charge is 0.396 e. The highest BCUT2D eigenvalue weighted by atomic mass is 16.5. The van der Waals surface area contributed by atoms with Gasteiger partial charge in [0.25, 0.3) is 0 Å². The van der Waals surface area contributed by atoms with Gasteiger partial charge in [-0.05, 0) is 25.7 Å². The molecule has 0 saturated heterocycles. The lowest BCUT2D eigenvalue weighted by molar-refractivity contribution is 0.0959. The molecule has 0 amide bonds. The van der Waals surface area contributed by atoms with Gasteiger partial charge in [0.05, 0.1) is 25.9 Å². The SMILES string of the molecule is COCC1(/C=C/C#N)CC1.COCC1(CO)CC1. The van der Waals surface area contributed by atoms with Crippen LogP contribution in [0.4, 0.5) is 0 Å². The molecule has 102 valence electrons. The van der Waals surface area contributed by atoms with Crippen LogP contribution in [0.5, 0.6) is 0 Å². The third-order valence-corrected chi connectivity index (χ3v) is 3.58. The van der Waals surface area contributed by atoms with Gasteiger partial charge in [0.2, 0.25) is 0 Å². The van der Waals surface area contributed by atoms with Crippen molar-refractivity contribution >= 4 is 0 Å². The molecule has 0 spiro atoms. The minimum atomic E-state index is 0.175. The Hall–Kier alpha value is -0.890. The zero-order valence-corrected chi connectivity index (χ0v) is 11.3. The first-order valence-corrected chi connectivity index (χ1v) is 6.32. The minimum absolute atomic E-state index is 0.175. The number of allylic oxidation sites excluding steroid dienone is 1. The summed E-state index contributed by atoms with van der Waals surface area (Å²) in [6, 6.07) is 1.99. The van der Waals surface area contributed by atoms with E-state index in [1.54, 1.807) is 20.3 Å². The van der Waals surface area contributed by atoms with E-state index in [-0.39, 0.29) is 10.8 Å². The third-order valence-electron chi connectivity index (χ3n) is 3.58. The number of methoxy groups -OCH3 is 2. The number of ether oxygens (including phenoxy) is 2. The van der Waals surface area contributed by atoms with E-state index in [2.05, 4.69) is 0 Å². The fourth-order valence-electron chi connectivity index (χ4n) is 1.85. The average Bonchev–Trinajstić information content (AvgIpc) is 3.27. The van der Waals surface area contributed by atoms with E-state index >= 15 is 0 Å². The summed E-state index contributed by atoms with van der Waals surface area (Å²) in [6.45, 7) is 1.77. The molecular formula is C14H23NO3. The number of hydrogen-bond acceptors (Lipinski definition) is 4. The summed E-state index contributed by atoms with van der Waals surface area (Å²) in [6.07, 6.45) is 8.11. The first kappa shape index (κ1) is 15.2. The van der Waals surface area contributed by atoms with E-state index in [1.165, 1.54) is 12.8 Å². The maximum Gasteiger partial charge on any atom is 0.0908 e. The lowest BCUT2D eigenvalue weighted by atomic mass is 10.1. The summed E-state index contributed by atoms with van der Waals surface area (Å²) < 4.78 is 9.91. The zero-order chi connectivity index (χ0) is 13.5. The Balaban J connectivity index is 0.000000184. The van der Waals surface area contributed by atoms with E-state index in [0.29, 0.717) is 6.61 Å². The Bertz CT molecular complexity index is 311. The van der Waals surface area contributed by atoms with Crippen LogP contribution >= 0.6 is 0 Å². The Labute approximate surface area is 109 Å². The fourth-order valence-corrected chi connectivity index (χ4v) is 1.85. The van der Waals surface area contributed by atoms with E-state index in [9.17, 15) is 0 Å². The van der Waals surface area contributed by atoms with Crippen LogP contribution in [0.25, 0.3) is 0 Å². The van der Waals surface area contributed by atoms with Crippen molar-refractivity contribution in [2.75, 3.05) is 34.0 Å². The summed E-state index contributed by atoms with van der Waals surface area (Å²) in [5.41, 5.74) is 0.402. The van der Waals surface area contributed by atoms with Gasteiger partial charge in [0.15, 0.2) is 0 Å². The highest BCUT2D eigenvalue weighted by Gasteiger charge is 2.41. The fraction of sp³-hybridized carbons (Fsp3) is 0.786. The van der Waals surface area contributed by atoms with Crippen LogP contribution < -0.4 is 0 Å². The van der Waals surface area contributed by atoms with Crippen LogP contribution in [0.1, 0.15) is 25.7 Å². The second-order valence-corrected chi connectivity index (χ2v) is 5.35. The molecule has 0 bridgehead atoms. The molecule has 0 radical (unpaired) electrons. The van der Waals surface area contributed by atoms with Crippen LogP contribution in [0.15, 0.2) is 12.2 Å². The second kappa shape index (κ2) is 6.89. The van der Waals surface area contributed by atoms with Gasteiger partial charge in [-0.2, -0.15) is 5.26 Å². The number of nitrogens with zero attached hydrogens (tertiary/aromatic N) is 1. The molecule has 18 heavy (non-hydrogen) atoms. The molecule has 0 aliphatic heterocycles. The van der Waals surface area contributed by atoms with Gasteiger partial charge in [-0.15, -0.1) is 0 Å². The Morgan fingerprint density at radius 3 is 2.06 bits per heavy atom. The van der Waals surface area contributed by atoms with Gasteiger partial charge in [0.1, 0.15) is 0 Å². The molecule has 2 fully saturated rings. The molecule has 2 rings (SSSR count). The monoisotopic (exact) mass is 253 g/mol. The summed E-state index contributed by atoms with van der Waals surface area (Å²) in [5, 5.41) is 17.0. The molecule has 4 heteroatoms. The van der Waals surface area contributed by atoms with Crippen LogP contribution in [0.2, 0.25) is 0 Å². The van der Waals surface area contributed by atoms with E-state index in [4.69, 9.17) is 19.8 Å². The van der Waals surface area contributed by atoms with Crippen molar-refractivity contribution in [1.29, 1.82) is 5.26 Å². The molecule has 0 aromatic rings. The molecule has 2 aliphatic carbocycles. The van der Waals surface area contributed by atoms with Crippen LogP contribution in [0, 0.1) is 22.2 Å². The smallest absolute Gasteiger partial charge is 0.0908 e. The topological polar surface area (TPSA) is 62.5 Å². The maximum absolute atomic E-state index is 8.71. The number of rotatable bonds is 6. The maximum atomic E-state index is 8.71. The molecule has 0 atom stereocenters. The van der Waals surface area contributed by atoms with Gasteiger partial charge in [-0.3, -0.25) is 0 Å². The van der Waals surface area contributed by atoms with Gasteiger partial charge in [0, 0.05) is 31.1 Å². The summed E-state index contributed by atoms with van der Waals surface area (Å²) >= 11 is 0. The molecule has 0 heterocycles. The first-order chi connectivity index (χ1) is 8.66. The normalized spacial score (nSPS) is 21.9. The van der Waals surface area contributed by atoms with Crippen molar-refractivity contribution in [1.82, 2.24) is 0 Å². The Morgan fingerprint density at radius 1 is 1.17 bits per heavy atom. The van der Waals surface area contributed by atoms with Crippen molar-refractivity contribution < 1.29 is 14.6 Å². The van der Waals surface area contributed by atoms with Crippen molar-refractivity contribution in [3.8, 4) is 6.07 Å². The Kier molecular flexibility index (Phi) is 5.80. The number of nitriles is 1. The first-order valence-electron chi connectivity index (χ1n) is 6.32. The molecule has 2 aliphatic rings. The van der Waals surface area contributed by atoms with Crippen LogP contribution in [-0.4, -0.2) is 39.1 Å². The van der Waals surface area contributed by atoms with Crippen molar-refractivity contribution in [2.45, 2.75) is 25.7 Å². The summed E-state index contributed by atoms with van der Waals surface area (Å²) in [4.78, 5) is 0. The zero-order valence-electron chi connectivity index (χ0n) is 11.3. The standard InChI is InChI=1S/C8H11NO.C6H12O2/c1-10-7-8(4-5-8)3-2-6-9;1-8-5-6(4-7)2-3-6/h2-3H,4-5,7H2,1H3;7H,2-5H2,1H3/b3-2+;. The molecule has 4 nitrogen and oxygen atoms in total. The third kappa shape index (κ3) is 4.77. The predicted octanol–water partition coefficient (Wildman–Crippen LogP) is 1.90. The van der Waals surface area contributed by atoms with Crippen LogP contribution in [-0.2, 0) is 9.47 Å². The molecule has 1 N–H and O–H groups in total. The highest BCUT2D eigenvalue weighted by molar-refractivity contribution is 5.15. The lowest BCUT2D eigenvalue weighted by Crippen LogP contribution is -2.12. The van der Waals surface area contributed by atoms with Gasteiger partial charge >= 0.3 is 0 Å². The number of aliphatic hydroxyl groups is 1. The molecule has 0 aromatic carbocycles. The van der Waals surface area contributed by atoms with Crippen molar-refractivity contribution in [3.05, 3.63) is 12.2 Å². The summed E-state index contributed by atoms with van der Waals surface area (Å²) in [5.74, 6) is 0. The quantitative estimate of drug-likeness (QED) is 0.734. The van der Waals surface area contributed by atoms with Gasteiger partial charge in [-0.1, -0.05) is 6.08 Å².